The maximum absolute atomic E-state index is 10.7. The minimum absolute atomic E-state index is 0.164. The van der Waals surface area contributed by atoms with Crippen LogP contribution in [0.15, 0.2) is 22.7 Å². The third kappa shape index (κ3) is 1.35. The first-order chi connectivity index (χ1) is 6.58. The number of aromatic amines is 1. The zero-order valence-electron chi connectivity index (χ0n) is 7.04. The standard InChI is InChI=1S/C9H7BrN2O2/c10-5-1-4-2-8(9(13)14)12-7(4)3-6(5)11/h1-3,12H,11H2,(H,13,14). The van der Waals surface area contributed by atoms with Crippen molar-refractivity contribution >= 4 is 38.5 Å². The summed E-state index contributed by atoms with van der Waals surface area (Å²) in [4.78, 5) is 13.4. The molecule has 4 nitrogen and oxygen atoms in total. The third-order valence-electron chi connectivity index (χ3n) is 1.97. The van der Waals surface area contributed by atoms with Crippen molar-refractivity contribution in [3.63, 3.8) is 0 Å². The van der Waals surface area contributed by atoms with Gasteiger partial charge in [0.1, 0.15) is 5.69 Å². The van der Waals surface area contributed by atoms with E-state index in [1.54, 1.807) is 18.2 Å². The molecule has 0 aliphatic carbocycles. The molecule has 1 heterocycles. The van der Waals surface area contributed by atoms with E-state index in [1.165, 1.54) is 0 Å². The molecule has 2 aromatic rings. The van der Waals surface area contributed by atoms with E-state index in [9.17, 15) is 4.79 Å². The summed E-state index contributed by atoms with van der Waals surface area (Å²) >= 11 is 3.28. The van der Waals surface area contributed by atoms with Gasteiger partial charge in [0.2, 0.25) is 0 Å². The van der Waals surface area contributed by atoms with Crippen LogP contribution in [-0.4, -0.2) is 16.1 Å². The topological polar surface area (TPSA) is 79.1 Å². The average Bonchev–Trinajstić information content (AvgIpc) is 2.48. The number of hydrogen-bond donors (Lipinski definition) is 3. The molecular formula is C9H7BrN2O2. The number of carboxylic acids is 1. The second-order valence-corrected chi connectivity index (χ2v) is 3.80. The van der Waals surface area contributed by atoms with Crippen LogP contribution in [0.5, 0.6) is 0 Å². The van der Waals surface area contributed by atoms with Gasteiger partial charge in [0.15, 0.2) is 0 Å². The second kappa shape index (κ2) is 3.02. The number of halogens is 1. The molecule has 0 unspecified atom stereocenters. The van der Waals surface area contributed by atoms with Gasteiger partial charge in [-0.1, -0.05) is 0 Å². The largest absolute Gasteiger partial charge is 0.477 e. The lowest BCUT2D eigenvalue weighted by Crippen LogP contribution is -1.94. The number of fused-ring (bicyclic) bond motifs is 1. The lowest BCUT2D eigenvalue weighted by molar-refractivity contribution is 0.0691. The summed E-state index contributed by atoms with van der Waals surface area (Å²) in [6.45, 7) is 0. The fraction of sp³-hybridized carbons (Fsp3) is 0. The quantitative estimate of drug-likeness (QED) is 0.683. The number of benzene rings is 1. The van der Waals surface area contributed by atoms with E-state index in [0.29, 0.717) is 5.69 Å². The Bertz CT molecular complexity index is 480. The molecule has 0 bridgehead atoms. The Labute approximate surface area is 87.9 Å². The molecule has 1 aromatic carbocycles. The number of carbonyl (C=O) groups is 1. The minimum Gasteiger partial charge on any atom is -0.477 e. The van der Waals surface area contributed by atoms with Crippen molar-refractivity contribution in [1.29, 1.82) is 0 Å². The third-order valence-corrected chi connectivity index (χ3v) is 2.66. The van der Waals surface area contributed by atoms with Gasteiger partial charge in [-0.2, -0.15) is 0 Å². The number of nitrogen functional groups attached to an aromatic ring is 1. The molecular weight excluding hydrogens is 248 g/mol. The normalized spacial score (nSPS) is 10.6. The van der Waals surface area contributed by atoms with Gasteiger partial charge >= 0.3 is 5.97 Å². The smallest absolute Gasteiger partial charge is 0.352 e. The first kappa shape index (κ1) is 9.08. The molecule has 0 aliphatic heterocycles. The summed E-state index contributed by atoms with van der Waals surface area (Å²) in [6, 6.07) is 5.06. The summed E-state index contributed by atoms with van der Waals surface area (Å²) in [5.74, 6) is -0.976. The fourth-order valence-electron chi connectivity index (χ4n) is 1.28. The van der Waals surface area contributed by atoms with Gasteiger partial charge in [-0.25, -0.2) is 4.79 Å². The molecule has 1 aromatic heterocycles. The highest BCUT2D eigenvalue weighted by Crippen LogP contribution is 2.26. The Hall–Kier alpha value is -1.49. The van der Waals surface area contributed by atoms with Crippen molar-refractivity contribution in [3.8, 4) is 0 Å². The van der Waals surface area contributed by atoms with E-state index in [1.807, 2.05) is 0 Å². The summed E-state index contributed by atoms with van der Waals surface area (Å²) < 4.78 is 0.765. The number of hydrogen-bond acceptors (Lipinski definition) is 2. The van der Waals surface area contributed by atoms with E-state index in [2.05, 4.69) is 20.9 Å². The van der Waals surface area contributed by atoms with Crippen molar-refractivity contribution in [2.45, 2.75) is 0 Å². The summed E-state index contributed by atoms with van der Waals surface area (Å²) in [6.07, 6.45) is 0. The van der Waals surface area contributed by atoms with Gasteiger partial charge in [0.25, 0.3) is 0 Å². The Balaban J connectivity index is 2.72. The molecule has 0 saturated carbocycles. The number of anilines is 1. The number of carboxylic acid groups (broad SMARTS) is 1. The molecule has 0 atom stereocenters. The number of rotatable bonds is 1. The summed E-state index contributed by atoms with van der Waals surface area (Å²) in [7, 11) is 0. The molecule has 0 saturated heterocycles. The van der Waals surface area contributed by atoms with E-state index in [0.717, 1.165) is 15.4 Å². The van der Waals surface area contributed by atoms with Crippen molar-refractivity contribution in [1.82, 2.24) is 4.98 Å². The lowest BCUT2D eigenvalue weighted by atomic mass is 10.2. The van der Waals surface area contributed by atoms with Crippen LogP contribution in [0.4, 0.5) is 5.69 Å². The maximum atomic E-state index is 10.7. The zero-order valence-corrected chi connectivity index (χ0v) is 8.63. The highest BCUT2D eigenvalue weighted by molar-refractivity contribution is 9.10. The number of nitrogens with one attached hydrogen (secondary N) is 1. The first-order valence-electron chi connectivity index (χ1n) is 3.89. The highest BCUT2D eigenvalue weighted by Gasteiger charge is 2.08. The second-order valence-electron chi connectivity index (χ2n) is 2.95. The van der Waals surface area contributed by atoms with Crippen LogP contribution in [0, 0.1) is 0 Å². The van der Waals surface area contributed by atoms with E-state index in [-0.39, 0.29) is 5.69 Å². The number of H-pyrrole nitrogens is 1. The van der Waals surface area contributed by atoms with Crippen molar-refractivity contribution in [2.75, 3.05) is 5.73 Å². The molecule has 72 valence electrons. The predicted molar refractivity (Wildman–Crippen MR) is 57.4 cm³/mol. The van der Waals surface area contributed by atoms with Crippen LogP contribution in [0.2, 0.25) is 0 Å². The average molecular weight is 255 g/mol. The van der Waals surface area contributed by atoms with Crippen LogP contribution in [0.1, 0.15) is 10.5 Å². The first-order valence-corrected chi connectivity index (χ1v) is 4.68. The molecule has 0 amide bonds. The monoisotopic (exact) mass is 254 g/mol. The number of aromatic nitrogens is 1. The van der Waals surface area contributed by atoms with E-state index in [4.69, 9.17) is 10.8 Å². The summed E-state index contributed by atoms with van der Waals surface area (Å²) in [5, 5.41) is 9.57. The van der Waals surface area contributed by atoms with Gasteiger partial charge in [0, 0.05) is 21.1 Å². The van der Waals surface area contributed by atoms with Crippen molar-refractivity contribution in [2.24, 2.45) is 0 Å². The van der Waals surface area contributed by atoms with Gasteiger partial charge < -0.3 is 15.8 Å². The maximum Gasteiger partial charge on any atom is 0.352 e. The molecule has 0 spiro atoms. The predicted octanol–water partition coefficient (Wildman–Crippen LogP) is 2.21. The number of nitrogens with two attached hydrogens (primary N) is 1. The molecule has 4 N–H and O–H groups in total. The van der Waals surface area contributed by atoms with Crippen LogP contribution in [0.3, 0.4) is 0 Å². The lowest BCUT2D eigenvalue weighted by Gasteiger charge is -1.96. The number of aromatic carboxylic acids is 1. The molecule has 2 rings (SSSR count). The van der Waals surface area contributed by atoms with Gasteiger partial charge in [-0.15, -0.1) is 0 Å². The minimum atomic E-state index is -0.976. The Morgan fingerprint density at radius 2 is 2.14 bits per heavy atom. The Morgan fingerprint density at radius 3 is 2.79 bits per heavy atom. The Morgan fingerprint density at radius 1 is 1.43 bits per heavy atom. The molecule has 0 radical (unpaired) electrons. The van der Waals surface area contributed by atoms with Crippen LogP contribution in [0.25, 0.3) is 10.9 Å². The van der Waals surface area contributed by atoms with Crippen LogP contribution >= 0.6 is 15.9 Å². The molecule has 0 fully saturated rings. The van der Waals surface area contributed by atoms with Crippen molar-refractivity contribution in [3.05, 3.63) is 28.4 Å². The van der Waals surface area contributed by atoms with Crippen LogP contribution < -0.4 is 5.73 Å². The van der Waals surface area contributed by atoms with Gasteiger partial charge in [-0.05, 0) is 34.1 Å². The SMILES string of the molecule is Nc1cc2[nH]c(C(=O)O)cc2cc1Br. The fourth-order valence-corrected chi connectivity index (χ4v) is 1.65. The zero-order chi connectivity index (χ0) is 10.3. The van der Waals surface area contributed by atoms with Crippen LogP contribution in [-0.2, 0) is 0 Å². The summed E-state index contributed by atoms with van der Waals surface area (Å²) in [5.41, 5.74) is 7.13. The molecule has 5 heteroatoms. The van der Waals surface area contributed by atoms with Crippen molar-refractivity contribution < 1.29 is 9.90 Å². The van der Waals surface area contributed by atoms with E-state index < -0.39 is 5.97 Å². The Kier molecular flexibility index (Phi) is 1.96. The van der Waals surface area contributed by atoms with E-state index >= 15 is 0 Å². The van der Waals surface area contributed by atoms with Gasteiger partial charge in [-0.3, -0.25) is 0 Å². The highest BCUT2D eigenvalue weighted by atomic mass is 79.9. The van der Waals surface area contributed by atoms with Gasteiger partial charge in [0.05, 0.1) is 0 Å². The molecule has 14 heavy (non-hydrogen) atoms. The molecule has 0 aliphatic rings.